The molecule has 0 aliphatic heterocycles. The molecule has 0 spiro atoms. The second-order valence-electron chi connectivity index (χ2n) is 3.75. The number of aliphatic imine (C=N–C) groups is 1. The number of H-pyrrole nitrogens is 1. The number of terminal acetylenes is 2. The van der Waals surface area contributed by atoms with Gasteiger partial charge < -0.3 is 5.73 Å². The Labute approximate surface area is 130 Å². The van der Waals surface area contributed by atoms with Gasteiger partial charge in [0.05, 0.1) is 0 Å². The molecule has 2 heterocycles. The molecule has 2 aromatic heterocycles. The van der Waals surface area contributed by atoms with Crippen molar-refractivity contribution in [1.29, 1.82) is 0 Å². The van der Waals surface area contributed by atoms with Crippen molar-refractivity contribution >= 4 is 29.5 Å². The van der Waals surface area contributed by atoms with Crippen LogP contribution in [0, 0.1) is 24.7 Å². The zero-order valence-corrected chi connectivity index (χ0v) is 11.8. The number of guanidine groups is 1. The van der Waals surface area contributed by atoms with Crippen LogP contribution in [0.3, 0.4) is 0 Å². The zero-order chi connectivity index (χ0) is 16.7. The summed E-state index contributed by atoms with van der Waals surface area (Å²) in [6.45, 7) is 1.62. The second kappa shape index (κ2) is 7.09. The van der Waals surface area contributed by atoms with Gasteiger partial charge in [0.1, 0.15) is 5.71 Å². The lowest BCUT2D eigenvalue weighted by Gasteiger charge is -1.99. The number of rotatable bonds is 4. The van der Waals surface area contributed by atoms with Crippen molar-refractivity contribution in [1.82, 2.24) is 41.0 Å². The average molecular weight is 310 g/mol. The first-order chi connectivity index (χ1) is 11.1. The van der Waals surface area contributed by atoms with Gasteiger partial charge in [-0.1, -0.05) is 5.92 Å². The van der Waals surface area contributed by atoms with E-state index < -0.39 is 0 Å². The number of hydrogen-bond acceptors (Lipinski definition) is 9. The highest BCUT2D eigenvalue weighted by Gasteiger charge is 2.05. The fraction of sp³-hybridized carbons (Fsp3) is 0.0909. The molecule has 0 atom stereocenters. The maximum atomic E-state index is 5.56. The summed E-state index contributed by atoms with van der Waals surface area (Å²) >= 11 is 0. The normalized spacial score (nSPS) is 11.4. The lowest BCUT2D eigenvalue weighted by molar-refractivity contribution is 0.856. The smallest absolute Gasteiger partial charge is 0.291 e. The molecule has 12 nitrogen and oxygen atoms in total. The molecule has 0 saturated heterocycles. The maximum absolute atomic E-state index is 5.56. The minimum absolute atomic E-state index is 0.0549. The van der Waals surface area contributed by atoms with Crippen LogP contribution < -0.4 is 16.5 Å². The van der Waals surface area contributed by atoms with Crippen LogP contribution in [0.15, 0.2) is 10.1 Å². The van der Waals surface area contributed by atoms with Crippen LogP contribution in [-0.2, 0) is 0 Å². The summed E-state index contributed by atoms with van der Waals surface area (Å²) in [4.78, 5) is 7.71. The average Bonchev–Trinajstić information content (AvgIpc) is 3.02. The van der Waals surface area contributed by atoms with E-state index >= 15 is 0 Å². The standard InChI is InChI=1S/C11H10N12/c1-4-6(3)16-18-8(12)14-10-20-22-11(23-21-10)15-9-13-7(5-2)17-19-9/h1-2H,3H3,(H3,12,14,18,20,21)(H2,13,15,17,19,22,23)/b16-6+. The fourth-order valence-corrected chi connectivity index (χ4v) is 1.11. The molecule has 0 fully saturated rings. The molecule has 2 rings (SSSR count). The van der Waals surface area contributed by atoms with Crippen LogP contribution >= 0.6 is 0 Å². The zero-order valence-electron chi connectivity index (χ0n) is 11.8. The van der Waals surface area contributed by atoms with E-state index in [0.29, 0.717) is 5.71 Å². The fourth-order valence-electron chi connectivity index (χ4n) is 1.11. The van der Waals surface area contributed by atoms with E-state index in [1.165, 1.54) is 0 Å². The molecule has 0 radical (unpaired) electrons. The molecule has 0 bridgehead atoms. The minimum Gasteiger partial charge on any atom is -0.368 e. The van der Waals surface area contributed by atoms with E-state index in [-0.39, 0.29) is 29.6 Å². The van der Waals surface area contributed by atoms with Gasteiger partial charge in [-0.25, -0.2) is 5.43 Å². The summed E-state index contributed by atoms with van der Waals surface area (Å²) in [5.41, 5.74) is 8.38. The van der Waals surface area contributed by atoms with Gasteiger partial charge in [0, 0.05) is 0 Å². The highest BCUT2D eigenvalue weighted by Crippen LogP contribution is 2.06. The number of hydrogen-bond donors (Lipinski definition) is 4. The molecule has 5 N–H and O–H groups in total. The number of nitrogens with one attached hydrogen (secondary N) is 3. The van der Waals surface area contributed by atoms with E-state index in [4.69, 9.17) is 18.6 Å². The highest BCUT2D eigenvalue weighted by atomic mass is 15.4. The SMILES string of the molecule is C#C/C(C)=N/NC(N)=Nc1nnc(Nc2n[nH]c(C#C)n2)nn1. The van der Waals surface area contributed by atoms with Crippen LogP contribution in [0.2, 0.25) is 0 Å². The van der Waals surface area contributed by atoms with E-state index in [1.54, 1.807) is 6.92 Å². The number of nitrogens with two attached hydrogens (primary N) is 1. The van der Waals surface area contributed by atoms with Crippen molar-refractivity contribution in [3.63, 3.8) is 0 Å². The van der Waals surface area contributed by atoms with Crippen LogP contribution in [0.25, 0.3) is 0 Å². The van der Waals surface area contributed by atoms with Crippen molar-refractivity contribution in [3.8, 4) is 24.7 Å². The van der Waals surface area contributed by atoms with Crippen LogP contribution in [0.4, 0.5) is 17.8 Å². The Morgan fingerprint density at radius 3 is 2.57 bits per heavy atom. The Kier molecular flexibility index (Phi) is 4.73. The molecule has 0 amide bonds. The van der Waals surface area contributed by atoms with Gasteiger partial charge in [-0.15, -0.1) is 38.3 Å². The van der Waals surface area contributed by atoms with Gasteiger partial charge in [0.15, 0.2) is 0 Å². The Hall–Kier alpha value is -4.06. The van der Waals surface area contributed by atoms with Crippen LogP contribution in [-0.4, -0.2) is 47.2 Å². The summed E-state index contributed by atoms with van der Waals surface area (Å²) in [5.74, 6) is 4.94. The van der Waals surface area contributed by atoms with Gasteiger partial charge in [-0.3, -0.25) is 10.4 Å². The molecule has 0 saturated carbocycles. The number of aromatic nitrogens is 7. The molecule has 0 aliphatic carbocycles. The third-order valence-electron chi connectivity index (χ3n) is 2.08. The number of anilines is 2. The highest BCUT2D eigenvalue weighted by molar-refractivity contribution is 5.98. The van der Waals surface area contributed by atoms with Crippen molar-refractivity contribution in [3.05, 3.63) is 5.82 Å². The molecule has 23 heavy (non-hydrogen) atoms. The van der Waals surface area contributed by atoms with Crippen molar-refractivity contribution in [2.75, 3.05) is 5.32 Å². The molecule has 114 valence electrons. The molecule has 0 aliphatic rings. The summed E-state index contributed by atoms with van der Waals surface area (Å²) < 4.78 is 0. The maximum Gasteiger partial charge on any atom is 0.291 e. The van der Waals surface area contributed by atoms with Crippen LogP contribution in [0.5, 0.6) is 0 Å². The predicted octanol–water partition coefficient (Wildman–Crippen LogP) is -1.35. The summed E-state index contributed by atoms with van der Waals surface area (Å²) in [6.07, 6.45) is 10.3. The summed E-state index contributed by atoms with van der Waals surface area (Å²) in [6, 6.07) is 0. The van der Waals surface area contributed by atoms with Crippen molar-refractivity contribution in [2.24, 2.45) is 15.8 Å². The van der Waals surface area contributed by atoms with Gasteiger partial charge in [-0.2, -0.15) is 15.1 Å². The van der Waals surface area contributed by atoms with Crippen molar-refractivity contribution < 1.29 is 0 Å². The summed E-state index contributed by atoms with van der Waals surface area (Å²) in [5, 5.41) is 27.6. The Morgan fingerprint density at radius 1 is 1.22 bits per heavy atom. The van der Waals surface area contributed by atoms with Crippen molar-refractivity contribution in [2.45, 2.75) is 6.92 Å². The van der Waals surface area contributed by atoms with Gasteiger partial charge in [-0.05, 0) is 12.8 Å². The Bertz CT molecular complexity index is 816. The summed E-state index contributed by atoms with van der Waals surface area (Å²) in [7, 11) is 0. The molecule has 2 aromatic rings. The monoisotopic (exact) mass is 310 g/mol. The first kappa shape index (κ1) is 15.3. The topological polar surface area (TPSA) is 168 Å². The van der Waals surface area contributed by atoms with E-state index in [2.05, 4.69) is 68.3 Å². The third-order valence-corrected chi connectivity index (χ3v) is 2.08. The lowest BCUT2D eigenvalue weighted by atomic mass is 10.5. The largest absolute Gasteiger partial charge is 0.368 e. The van der Waals surface area contributed by atoms with Gasteiger partial charge in [0.25, 0.3) is 11.9 Å². The van der Waals surface area contributed by atoms with E-state index in [9.17, 15) is 0 Å². The van der Waals surface area contributed by atoms with Crippen LogP contribution in [0.1, 0.15) is 12.7 Å². The molecular formula is C11H10N12. The molecular weight excluding hydrogens is 300 g/mol. The molecule has 12 heteroatoms. The number of nitrogens with zero attached hydrogens (tertiary/aromatic N) is 8. The number of aromatic amines is 1. The quantitative estimate of drug-likeness (QED) is 0.231. The first-order valence-electron chi connectivity index (χ1n) is 5.95. The second-order valence-corrected chi connectivity index (χ2v) is 3.75. The lowest BCUT2D eigenvalue weighted by Crippen LogP contribution is -2.27. The van der Waals surface area contributed by atoms with Gasteiger partial charge >= 0.3 is 0 Å². The third kappa shape index (κ3) is 4.47. The van der Waals surface area contributed by atoms with E-state index in [1.807, 2.05) is 0 Å². The number of hydrazone groups is 1. The Morgan fingerprint density at radius 2 is 1.96 bits per heavy atom. The predicted molar refractivity (Wildman–Crippen MR) is 81.6 cm³/mol. The molecule has 0 aromatic carbocycles. The minimum atomic E-state index is -0.0755. The van der Waals surface area contributed by atoms with E-state index in [0.717, 1.165) is 0 Å². The Balaban J connectivity index is 2.02. The first-order valence-corrected chi connectivity index (χ1v) is 5.95. The van der Waals surface area contributed by atoms with Gasteiger partial charge in [0.2, 0.25) is 17.7 Å². The molecule has 0 unspecified atom stereocenters.